The third kappa shape index (κ3) is 9.21. The van der Waals surface area contributed by atoms with Crippen LogP contribution in [0.5, 0.6) is 0 Å². The van der Waals surface area contributed by atoms with Crippen molar-refractivity contribution in [2.75, 3.05) is 0 Å². The van der Waals surface area contributed by atoms with Crippen LogP contribution in [0.2, 0.25) is 19.6 Å². The molecule has 6 heteroatoms. The van der Waals surface area contributed by atoms with Crippen LogP contribution in [0.15, 0.2) is 134 Å². The number of fused-ring (bicyclic) bond motifs is 4. The van der Waals surface area contributed by atoms with Gasteiger partial charge in [-0.05, 0) is 110 Å². The molecule has 62 heavy (non-hydrogen) atoms. The van der Waals surface area contributed by atoms with E-state index in [9.17, 15) is 0 Å². The predicted molar refractivity (Wildman–Crippen MR) is 267 cm³/mol. The average molecular weight is 1020 g/mol. The van der Waals surface area contributed by atoms with Gasteiger partial charge in [-0.25, -0.2) is 0 Å². The van der Waals surface area contributed by atoms with E-state index in [-0.39, 0.29) is 20.1 Å². The number of imidazole rings is 1. The Balaban J connectivity index is 0.000000233. The summed E-state index contributed by atoms with van der Waals surface area (Å²) in [4.78, 5) is 10.0. The molecule has 0 N–H and O–H groups in total. The van der Waals surface area contributed by atoms with Gasteiger partial charge in [0.2, 0.25) is 0 Å². The Morgan fingerprint density at radius 1 is 0.694 bits per heavy atom. The first-order chi connectivity index (χ1) is 29.3. The van der Waals surface area contributed by atoms with Gasteiger partial charge >= 0.3 is 0 Å². The van der Waals surface area contributed by atoms with Gasteiger partial charge in [-0.15, -0.1) is 54.1 Å². The van der Waals surface area contributed by atoms with Gasteiger partial charge in [-0.1, -0.05) is 138 Å². The molecule has 3 aromatic heterocycles. The number of pyridine rings is 1. The zero-order valence-corrected chi connectivity index (χ0v) is 41.9. The molecule has 0 atom stereocenters. The van der Waals surface area contributed by atoms with Crippen molar-refractivity contribution >= 4 is 55.8 Å². The van der Waals surface area contributed by atoms with Crippen LogP contribution >= 0.6 is 11.3 Å². The van der Waals surface area contributed by atoms with Gasteiger partial charge in [0, 0.05) is 36.7 Å². The maximum Gasteiger partial charge on any atom is 0.0798 e. The maximum absolute atomic E-state index is 5.32. The molecule has 317 valence electrons. The Kier molecular flexibility index (Phi) is 13.7. The molecular formula is C56H57IrN3SSi-2. The van der Waals surface area contributed by atoms with Gasteiger partial charge in [-0.3, -0.25) is 4.98 Å². The molecule has 0 aliphatic rings. The van der Waals surface area contributed by atoms with Gasteiger partial charge in [0.05, 0.1) is 24.9 Å². The van der Waals surface area contributed by atoms with Crippen LogP contribution in [0.1, 0.15) is 75.6 Å². The first-order valence-corrected chi connectivity index (χ1v) is 26.1. The predicted octanol–water partition coefficient (Wildman–Crippen LogP) is 15.4. The summed E-state index contributed by atoms with van der Waals surface area (Å²) in [5.74, 6) is 2.27. The third-order valence-corrected chi connectivity index (χ3v) is 14.8. The zero-order chi connectivity index (χ0) is 43.0. The summed E-state index contributed by atoms with van der Waals surface area (Å²) in [6.07, 6.45) is 3.24. The van der Waals surface area contributed by atoms with Crippen LogP contribution in [0.3, 0.4) is 0 Å². The van der Waals surface area contributed by atoms with Crippen molar-refractivity contribution in [1.82, 2.24) is 14.5 Å². The average Bonchev–Trinajstić information content (AvgIpc) is 3.81. The normalized spacial score (nSPS) is 11.8. The zero-order valence-electron chi connectivity index (χ0n) is 37.7. The second kappa shape index (κ2) is 18.8. The molecule has 3 nitrogen and oxygen atoms in total. The number of nitrogens with zero attached hydrogens (tertiary/aromatic N) is 3. The SMILES string of the molecule is CC(C)Cc1cc(-c2[c-]cccc2)ncc1[Si](C)(C)C.Cc1ccc2c(c1)sc1c(-c3nc4ccccc4n3-c3c(C(C)C)cc(-c4ccccc4)cc3C(C)C)[c-]ccc12.[Ir]. The fourth-order valence-electron chi connectivity index (χ4n) is 8.53. The van der Waals surface area contributed by atoms with Crippen molar-refractivity contribution in [1.29, 1.82) is 0 Å². The number of aromatic nitrogens is 3. The first-order valence-electron chi connectivity index (χ1n) is 21.8. The van der Waals surface area contributed by atoms with Gasteiger partial charge in [-0.2, -0.15) is 11.3 Å². The molecule has 0 spiro atoms. The van der Waals surface area contributed by atoms with Crippen molar-refractivity contribution in [2.24, 2.45) is 5.92 Å². The molecule has 0 aliphatic carbocycles. The molecule has 0 amide bonds. The molecule has 1 radical (unpaired) electrons. The molecule has 3 heterocycles. The summed E-state index contributed by atoms with van der Waals surface area (Å²) >= 11 is 1.85. The Labute approximate surface area is 387 Å². The van der Waals surface area contributed by atoms with Crippen LogP contribution in [0.4, 0.5) is 0 Å². The second-order valence-corrected chi connectivity index (χ2v) is 24.6. The summed E-state index contributed by atoms with van der Waals surface area (Å²) in [6.45, 7) is 23.1. The van der Waals surface area contributed by atoms with Crippen molar-refractivity contribution in [3.05, 3.63) is 168 Å². The molecular weight excluding hydrogens is 967 g/mol. The molecule has 0 unspecified atom stereocenters. The van der Waals surface area contributed by atoms with Crippen LogP contribution in [0, 0.1) is 25.0 Å². The van der Waals surface area contributed by atoms with Crippen molar-refractivity contribution in [2.45, 2.75) is 86.4 Å². The largest absolute Gasteiger partial charge is 0.333 e. The van der Waals surface area contributed by atoms with Gasteiger partial charge in [0.15, 0.2) is 0 Å². The number of hydrogen-bond donors (Lipinski definition) is 0. The van der Waals surface area contributed by atoms with Crippen molar-refractivity contribution < 1.29 is 20.1 Å². The molecule has 9 rings (SSSR count). The third-order valence-electron chi connectivity index (χ3n) is 11.5. The Hall–Kier alpha value is -4.97. The van der Waals surface area contributed by atoms with E-state index in [0.29, 0.717) is 17.8 Å². The number of benzene rings is 6. The van der Waals surface area contributed by atoms with Crippen LogP contribution in [-0.2, 0) is 26.5 Å². The van der Waals surface area contributed by atoms with E-state index in [1.165, 1.54) is 64.4 Å². The second-order valence-electron chi connectivity index (χ2n) is 18.5. The van der Waals surface area contributed by atoms with E-state index in [1.807, 2.05) is 29.5 Å². The maximum atomic E-state index is 5.32. The fourth-order valence-corrected chi connectivity index (χ4v) is 11.4. The minimum atomic E-state index is -1.34. The van der Waals surface area contributed by atoms with Crippen molar-refractivity contribution in [3.63, 3.8) is 0 Å². The molecule has 0 aliphatic heterocycles. The smallest absolute Gasteiger partial charge is 0.0798 e. The van der Waals surface area contributed by atoms with Crippen LogP contribution in [-0.4, -0.2) is 22.6 Å². The first kappa shape index (κ1) is 45.1. The molecule has 9 aromatic rings. The number of thiophene rings is 1. The standard InChI is InChI=1S/C38H33N2S.C18H24NSi.Ir/c1-23(2)31-21-27(26-12-7-6-8-13-26)22-32(24(3)4)36(31)40-34-17-10-9-16-33(34)39-38(40)30-15-11-14-29-28-19-18-25(5)20-35(28)41-37(29)30;1-14(2)11-16-12-17(15-9-7-6-8-10-15)19-13-18(16)20(3,4)5;/h6-14,16-24H,1-5H3;6-9,12-14H,11H2,1-5H3;/q2*-1;. The monoisotopic (exact) mass is 1020 g/mol. The molecule has 0 bridgehead atoms. The van der Waals surface area contributed by atoms with Crippen LogP contribution in [0.25, 0.3) is 70.7 Å². The fraction of sp³-hybridized carbons (Fsp3) is 0.250. The summed E-state index contributed by atoms with van der Waals surface area (Å²) in [5, 5.41) is 4.06. The van der Waals surface area contributed by atoms with E-state index in [2.05, 4.69) is 205 Å². The van der Waals surface area contributed by atoms with Gasteiger partial charge < -0.3 is 9.55 Å². The Morgan fingerprint density at radius 3 is 2.05 bits per heavy atom. The van der Waals surface area contributed by atoms with Crippen molar-refractivity contribution in [3.8, 4) is 39.5 Å². The van der Waals surface area contributed by atoms with Gasteiger partial charge in [0.25, 0.3) is 0 Å². The van der Waals surface area contributed by atoms with E-state index in [1.54, 1.807) is 0 Å². The molecule has 0 saturated carbocycles. The summed E-state index contributed by atoms with van der Waals surface area (Å²) in [7, 11) is -1.34. The summed E-state index contributed by atoms with van der Waals surface area (Å²) in [6, 6.07) is 52.4. The summed E-state index contributed by atoms with van der Waals surface area (Å²) in [5.41, 5.74) is 14.5. The minimum absolute atomic E-state index is 0. The quantitative estimate of drug-likeness (QED) is 0.107. The minimum Gasteiger partial charge on any atom is -0.333 e. The molecule has 0 fully saturated rings. The topological polar surface area (TPSA) is 30.7 Å². The Morgan fingerprint density at radius 2 is 1.39 bits per heavy atom. The van der Waals surface area contributed by atoms with E-state index in [4.69, 9.17) is 4.98 Å². The number of para-hydroxylation sites is 2. The molecule has 6 aromatic carbocycles. The number of hydrogen-bond acceptors (Lipinski definition) is 3. The van der Waals surface area contributed by atoms with Gasteiger partial charge in [0.1, 0.15) is 0 Å². The molecule has 0 saturated heterocycles. The van der Waals surface area contributed by atoms with Crippen LogP contribution < -0.4 is 5.19 Å². The van der Waals surface area contributed by atoms with E-state index in [0.717, 1.165) is 40.1 Å². The number of rotatable bonds is 9. The summed E-state index contributed by atoms with van der Waals surface area (Å²) < 4.78 is 4.97. The van der Waals surface area contributed by atoms with E-state index < -0.39 is 8.07 Å². The van der Waals surface area contributed by atoms with E-state index >= 15 is 0 Å². The number of aryl methyl sites for hydroxylation is 1. The Bertz CT molecular complexity index is 2940.